The lowest BCUT2D eigenvalue weighted by atomic mass is 9.93. The van der Waals surface area contributed by atoms with E-state index in [1.807, 2.05) is 12.1 Å². The molecule has 4 rings (SSSR count). The number of carbonyl (C=O) groups excluding carboxylic acids is 2. The molecule has 7 heteroatoms. The summed E-state index contributed by atoms with van der Waals surface area (Å²) in [5, 5.41) is 6.09. The molecule has 3 aliphatic rings. The van der Waals surface area contributed by atoms with E-state index < -0.39 is 0 Å². The van der Waals surface area contributed by atoms with Gasteiger partial charge in [-0.25, -0.2) is 0 Å². The van der Waals surface area contributed by atoms with Crippen molar-refractivity contribution in [2.45, 2.75) is 82.1 Å². The van der Waals surface area contributed by atoms with Gasteiger partial charge in [0.2, 0.25) is 11.8 Å². The maximum absolute atomic E-state index is 12.9. The quantitative estimate of drug-likeness (QED) is 0.760. The van der Waals surface area contributed by atoms with Crippen LogP contribution in [0.25, 0.3) is 0 Å². The number of amides is 2. The van der Waals surface area contributed by atoms with Crippen LogP contribution in [0.15, 0.2) is 22.8 Å². The first-order chi connectivity index (χ1) is 14.1. The zero-order valence-electron chi connectivity index (χ0n) is 17.4. The molecule has 1 aromatic rings. The lowest BCUT2D eigenvalue weighted by Crippen LogP contribution is -2.53. The molecule has 1 saturated carbocycles. The van der Waals surface area contributed by atoms with Gasteiger partial charge in [-0.1, -0.05) is 19.3 Å². The molecule has 2 N–H and O–H groups in total. The van der Waals surface area contributed by atoms with Crippen LogP contribution in [-0.4, -0.2) is 65.9 Å². The highest BCUT2D eigenvalue weighted by Gasteiger charge is 2.47. The summed E-state index contributed by atoms with van der Waals surface area (Å²) >= 11 is 0. The molecule has 3 atom stereocenters. The Balaban J connectivity index is 1.32. The number of likely N-dealkylation sites (N-methyl/N-ethyl adjacent to an activating group) is 1. The molecule has 3 fully saturated rings. The second kappa shape index (κ2) is 9.30. The third kappa shape index (κ3) is 4.67. The van der Waals surface area contributed by atoms with Crippen molar-refractivity contribution in [3.05, 3.63) is 24.2 Å². The summed E-state index contributed by atoms with van der Waals surface area (Å²) in [7, 11) is 2.13. The summed E-state index contributed by atoms with van der Waals surface area (Å²) in [6.45, 7) is 2.05. The van der Waals surface area contributed by atoms with E-state index in [1.54, 1.807) is 6.26 Å². The first-order valence-electron chi connectivity index (χ1n) is 11.2. The van der Waals surface area contributed by atoms with Crippen molar-refractivity contribution in [3.8, 4) is 0 Å². The van der Waals surface area contributed by atoms with Crippen LogP contribution in [-0.2, 0) is 16.1 Å². The Morgan fingerprint density at radius 3 is 2.86 bits per heavy atom. The predicted molar refractivity (Wildman–Crippen MR) is 110 cm³/mol. The Kier molecular flexibility index (Phi) is 6.55. The molecule has 29 heavy (non-hydrogen) atoms. The van der Waals surface area contributed by atoms with E-state index in [0.29, 0.717) is 25.6 Å². The standard InChI is InChI=1S/C22H34N4O3/c1-25-17(9-10-20(27)23-15-18-8-5-13-29-18)14-24-22(28)21-19(25)11-12-26(21)16-6-3-2-4-7-16/h5,8,13,16-17,19,21H,2-4,6-7,9-12,14-15H2,1H3,(H,23,27)(H,24,28)/t17-,19+,21-/m0/s1. The lowest BCUT2D eigenvalue weighted by molar-refractivity contribution is -0.127. The molecule has 2 aliphatic heterocycles. The van der Waals surface area contributed by atoms with E-state index in [-0.39, 0.29) is 29.9 Å². The minimum absolute atomic E-state index is 0.0252. The number of rotatable bonds is 6. The molecule has 3 heterocycles. The molecular weight excluding hydrogens is 368 g/mol. The van der Waals surface area contributed by atoms with Gasteiger partial charge in [-0.15, -0.1) is 0 Å². The van der Waals surface area contributed by atoms with Gasteiger partial charge >= 0.3 is 0 Å². The number of hydrogen-bond donors (Lipinski definition) is 2. The Hall–Kier alpha value is -1.86. The number of likely N-dealkylation sites (tertiary alicyclic amines) is 1. The van der Waals surface area contributed by atoms with Crippen molar-refractivity contribution in [3.63, 3.8) is 0 Å². The van der Waals surface area contributed by atoms with Crippen LogP contribution < -0.4 is 10.6 Å². The average Bonchev–Trinajstić information content (AvgIpc) is 3.40. The van der Waals surface area contributed by atoms with Crippen molar-refractivity contribution >= 4 is 11.8 Å². The fraction of sp³-hybridized carbons (Fsp3) is 0.727. The Bertz CT molecular complexity index is 686. The second-order valence-electron chi connectivity index (χ2n) is 8.79. The number of furan rings is 1. The van der Waals surface area contributed by atoms with Crippen molar-refractivity contribution in [1.82, 2.24) is 20.4 Å². The summed E-state index contributed by atoms with van der Waals surface area (Å²) < 4.78 is 5.26. The molecule has 0 aromatic carbocycles. The van der Waals surface area contributed by atoms with Crippen LogP contribution in [0.2, 0.25) is 0 Å². The van der Waals surface area contributed by atoms with E-state index in [4.69, 9.17) is 4.42 Å². The number of hydrogen-bond acceptors (Lipinski definition) is 5. The van der Waals surface area contributed by atoms with E-state index >= 15 is 0 Å². The van der Waals surface area contributed by atoms with Gasteiger partial charge in [0.25, 0.3) is 0 Å². The number of fused-ring (bicyclic) bond motifs is 1. The van der Waals surface area contributed by atoms with Crippen LogP contribution >= 0.6 is 0 Å². The topological polar surface area (TPSA) is 77.8 Å². The van der Waals surface area contributed by atoms with Gasteiger partial charge in [-0.05, 0) is 44.9 Å². The molecule has 0 spiro atoms. The highest BCUT2D eigenvalue weighted by atomic mass is 16.3. The lowest BCUT2D eigenvalue weighted by Gasteiger charge is -2.37. The fourth-order valence-corrected chi connectivity index (χ4v) is 5.40. The molecule has 0 radical (unpaired) electrons. The fourth-order valence-electron chi connectivity index (χ4n) is 5.40. The summed E-state index contributed by atoms with van der Waals surface area (Å²) in [6.07, 6.45) is 10.2. The molecule has 2 saturated heterocycles. The molecule has 1 aromatic heterocycles. The normalized spacial score (nSPS) is 29.3. The summed E-state index contributed by atoms with van der Waals surface area (Å²) in [5.41, 5.74) is 0. The van der Waals surface area contributed by atoms with E-state index in [1.165, 1.54) is 32.1 Å². The summed E-state index contributed by atoms with van der Waals surface area (Å²) in [6, 6.07) is 4.62. The molecule has 0 bridgehead atoms. The number of nitrogens with zero attached hydrogens (tertiary/aromatic N) is 2. The van der Waals surface area contributed by atoms with Gasteiger partial charge in [0.05, 0.1) is 12.8 Å². The molecule has 160 valence electrons. The van der Waals surface area contributed by atoms with Crippen LogP contribution in [0.3, 0.4) is 0 Å². The summed E-state index contributed by atoms with van der Waals surface area (Å²) in [5.74, 6) is 0.959. The minimum atomic E-state index is -0.0409. The smallest absolute Gasteiger partial charge is 0.239 e. The molecule has 2 amide bonds. The minimum Gasteiger partial charge on any atom is -0.467 e. The van der Waals surface area contributed by atoms with Crippen LogP contribution in [0, 0.1) is 0 Å². The first-order valence-corrected chi connectivity index (χ1v) is 11.2. The van der Waals surface area contributed by atoms with E-state index in [9.17, 15) is 9.59 Å². The van der Waals surface area contributed by atoms with Crippen LogP contribution in [0.1, 0.15) is 57.1 Å². The van der Waals surface area contributed by atoms with Crippen molar-refractivity contribution in [2.75, 3.05) is 20.1 Å². The van der Waals surface area contributed by atoms with Gasteiger partial charge in [-0.3, -0.25) is 19.4 Å². The maximum Gasteiger partial charge on any atom is 0.239 e. The van der Waals surface area contributed by atoms with Crippen molar-refractivity contribution < 1.29 is 14.0 Å². The van der Waals surface area contributed by atoms with Gasteiger partial charge in [0.15, 0.2) is 0 Å². The van der Waals surface area contributed by atoms with Crippen LogP contribution in [0.5, 0.6) is 0 Å². The number of carbonyl (C=O) groups is 2. The SMILES string of the molecule is CN1[C@@H](CCC(=O)NCc2ccco2)CNC(=O)[C@@H]2[C@H]1CCN2C1CCCCC1. The highest BCUT2D eigenvalue weighted by Crippen LogP contribution is 2.33. The largest absolute Gasteiger partial charge is 0.467 e. The third-order valence-corrected chi connectivity index (χ3v) is 7.07. The Morgan fingerprint density at radius 2 is 2.10 bits per heavy atom. The van der Waals surface area contributed by atoms with Crippen LogP contribution in [0.4, 0.5) is 0 Å². The highest BCUT2D eigenvalue weighted by molar-refractivity contribution is 5.83. The summed E-state index contributed by atoms with van der Waals surface area (Å²) in [4.78, 5) is 30.0. The molecular formula is C22H34N4O3. The van der Waals surface area contributed by atoms with E-state index in [2.05, 4.69) is 27.5 Å². The zero-order valence-corrected chi connectivity index (χ0v) is 17.4. The van der Waals surface area contributed by atoms with Gasteiger partial charge in [0, 0.05) is 37.6 Å². The average molecular weight is 403 g/mol. The molecule has 7 nitrogen and oxygen atoms in total. The van der Waals surface area contributed by atoms with Crippen molar-refractivity contribution in [1.29, 1.82) is 0 Å². The predicted octanol–water partition coefficient (Wildman–Crippen LogP) is 1.88. The Labute approximate surface area is 173 Å². The van der Waals surface area contributed by atoms with Gasteiger partial charge < -0.3 is 15.1 Å². The zero-order chi connectivity index (χ0) is 20.2. The maximum atomic E-state index is 12.9. The van der Waals surface area contributed by atoms with Gasteiger partial charge in [0.1, 0.15) is 11.8 Å². The third-order valence-electron chi connectivity index (χ3n) is 7.07. The molecule has 0 unspecified atom stereocenters. The first kappa shape index (κ1) is 20.4. The number of nitrogens with one attached hydrogen (secondary N) is 2. The molecule has 1 aliphatic carbocycles. The van der Waals surface area contributed by atoms with E-state index in [0.717, 1.165) is 25.1 Å². The monoisotopic (exact) mass is 402 g/mol. The second-order valence-corrected chi connectivity index (χ2v) is 8.79. The van der Waals surface area contributed by atoms with Crippen molar-refractivity contribution in [2.24, 2.45) is 0 Å². The Morgan fingerprint density at radius 1 is 1.28 bits per heavy atom. The van der Waals surface area contributed by atoms with Gasteiger partial charge in [-0.2, -0.15) is 0 Å².